The molecule has 0 aliphatic rings. The van der Waals surface area contributed by atoms with Gasteiger partial charge in [0.05, 0.1) is 20.1 Å². The van der Waals surface area contributed by atoms with Crippen LogP contribution >= 0.6 is 0 Å². The molecule has 5 nitrogen and oxygen atoms in total. The number of hydrogen-bond acceptors (Lipinski definition) is 4. The standard InChI is InChI=1S/C13H17NO4/c1-3-18-13(16)9-8-12(15)14-10-4-6-11(17-2)7-5-10/h4-7H,3,8-9H2,1-2H3,(H,14,15). The quantitative estimate of drug-likeness (QED) is 0.785. The number of methoxy groups -OCH3 is 1. The Morgan fingerprint density at radius 3 is 2.39 bits per heavy atom. The molecule has 1 aromatic carbocycles. The zero-order chi connectivity index (χ0) is 13.4. The van der Waals surface area contributed by atoms with E-state index < -0.39 is 0 Å². The molecule has 0 saturated carbocycles. The Morgan fingerprint density at radius 1 is 1.17 bits per heavy atom. The summed E-state index contributed by atoms with van der Waals surface area (Å²) in [6.45, 7) is 2.06. The van der Waals surface area contributed by atoms with Crippen LogP contribution in [0.1, 0.15) is 19.8 Å². The highest BCUT2D eigenvalue weighted by Crippen LogP contribution is 2.15. The van der Waals surface area contributed by atoms with E-state index in [0.29, 0.717) is 12.3 Å². The van der Waals surface area contributed by atoms with Gasteiger partial charge in [0.1, 0.15) is 5.75 Å². The number of ether oxygens (including phenoxy) is 2. The number of carbonyl (C=O) groups excluding carboxylic acids is 2. The Hall–Kier alpha value is -2.04. The fourth-order valence-corrected chi connectivity index (χ4v) is 1.35. The van der Waals surface area contributed by atoms with Gasteiger partial charge >= 0.3 is 5.97 Å². The van der Waals surface area contributed by atoms with E-state index >= 15 is 0 Å². The number of benzene rings is 1. The van der Waals surface area contributed by atoms with Crippen molar-refractivity contribution in [2.24, 2.45) is 0 Å². The van der Waals surface area contributed by atoms with E-state index in [-0.39, 0.29) is 24.7 Å². The number of hydrogen-bond donors (Lipinski definition) is 1. The summed E-state index contributed by atoms with van der Waals surface area (Å²) in [5.41, 5.74) is 0.671. The molecule has 1 amide bonds. The lowest BCUT2D eigenvalue weighted by Crippen LogP contribution is -2.14. The molecular formula is C13H17NO4. The Kier molecular flexibility index (Phi) is 5.70. The average molecular weight is 251 g/mol. The van der Waals surface area contributed by atoms with Gasteiger partial charge in [-0.2, -0.15) is 0 Å². The lowest BCUT2D eigenvalue weighted by atomic mass is 10.2. The minimum atomic E-state index is -0.359. The molecule has 0 fully saturated rings. The van der Waals surface area contributed by atoms with Gasteiger partial charge in [0.25, 0.3) is 0 Å². The second-order valence-corrected chi connectivity index (χ2v) is 3.58. The molecule has 0 saturated heterocycles. The second-order valence-electron chi connectivity index (χ2n) is 3.58. The molecular weight excluding hydrogens is 234 g/mol. The van der Waals surface area contributed by atoms with E-state index in [9.17, 15) is 9.59 Å². The minimum Gasteiger partial charge on any atom is -0.497 e. The third-order valence-electron chi connectivity index (χ3n) is 2.24. The van der Waals surface area contributed by atoms with Gasteiger partial charge in [0.15, 0.2) is 0 Å². The molecule has 1 rings (SSSR count). The van der Waals surface area contributed by atoms with Crippen LogP contribution in [0.25, 0.3) is 0 Å². The van der Waals surface area contributed by atoms with Crippen LogP contribution in [0.3, 0.4) is 0 Å². The summed E-state index contributed by atoms with van der Waals surface area (Å²) in [5.74, 6) is 0.148. The van der Waals surface area contributed by atoms with E-state index in [1.165, 1.54) is 0 Å². The third kappa shape index (κ3) is 4.86. The maximum absolute atomic E-state index is 11.5. The number of carbonyl (C=O) groups is 2. The smallest absolute Gasteiger partial charge is 0.306 e. The Morgan fingerprint density at radius 2 is 1.83 bits per heavy atom. The second kappa shape index (κ2) is 7.32. The highest BCUT2D eigenvalue weighted by Gasteiger charge is 2.07. The van der Waals surface area contributed by atoms with Crippen LogP contribution in [0.2, 0.25) is 0 Å². The normalized spacial score (nSPS) is 9.67. The van der Waals surface area contributed by atoms with E-state index in [1.54, 1.807) is 38.3 Å². The van der Waals surface area contributed by atoms with Gasteiger partial charge < -0.3 is 14.8 Å². The average Bonchev–Trinajstić information content (AvgIpc) is 2.38. The summed E-state index contributed by atoms with van der Waals surface area (Å²) in [7, 11) is 1.58. The number of rotatable bonds is 6. The van der Waals surface area contributed by atoms with Crippen LogP contribution in [-0.2, 0) is 14.3 Å². The number of anilines is 1. The van der Waals surface area contributed by atoms with Crippen molar-refractivity contribution < 1.29 is 19.1 Å². The lowest BCUT2D eigenvalue weighted by molar-refractivity contribution is -0.144. The van der Waals surface area contributed by atoms with Gasteiger partial charge in [-0.3, -0.25) is 9.59 Å². The maximum atomic E-state index is 11.5. The lowest BCUT2D eigenvalue weighted by Gasteiger charge is -2.06. The van der Waals surface area contributed by atoms with Crippen molar-refractivity contribution >= 4 is 17.6 Å². The number of esters is 1. The first kappa shape index (κ1) is 14.0. The highest BCUT2D eigenvalue weighted by atomic mass is 16.5. The maximum Gasteiger partial charge on any atom is 0.306 e. The van der Waals surface area contributed by atoms with E-state index in [2.05, 4.69) is 5.32 Å². The Bertz CT molecular complexity index is 400. The summed E-state index contributed by atoms with van der Waals surface area (Å²) in [5, 5.41) is 2.69. The first-order valence-corrected chi connectivity index (χ1v) is 5.75. The van der Waals surface area contributed by atoms with Gasteiger partial charge in [0.2, 0.25) is 5.91 Å². The van der Waals surface area contributed by atoms with Crippen molar-refractivity contribution in [3.63, 3.8) is 0 Å². The van der Waals surface area contributed by atoms with Gasteiger partial charge in [-0.25, -0.2) is 0 Å². The van der Waals surface area contributed by atoms with Crippen LogP contribution in [0, 0.1) is 0 Å². The molecule has 5 heteroatoms. The van der Waals surface area contributed by atoms with Gasteiger partial charge in [-0.1, -0.05) is 0 Å². The molecule has 0 heterocycles. The SMILES string of the molecule is CCOC(=O)CCC(=O)Nc1ccc(OC)cc1. The molecule has 1 aromatic rings. The third-order valence-corrected chi connectivity index (χ3v) is 2.24. The van der Waals surface area contributed by atoms with Crippen molar-refractivity contribution in [2.75, 3.05) is 19.0 Å². The molecule has 0 bridgehead atoms. The molecule has 0 aliphatic heterocycles. The fraction of sp³-hybridized carbons (Fsp3) is 0.385. The summed E-state index contributed by atoms with van der Waals surface area (Å²) < 4.78 is 9.74. The minimum absolute atomic E-state index is 0.0931. The van der Waals surface area contributed by atoms with Gasteiger partial charge in [0, 0.05) is 12.1 Å². The van der Waals surface area contributed by atoms with Crippen LogP contribution in [0.4, 0.5) is 5.69 Å². The Balaban J connectivity index is 2.37. The summed E-state index contributed by atoms with van der Waals surface area (Å²) in [4.78, 5) is 22.6. The van der Waals surface area contributed by atoms with E-state index in [4.69, 9.17) is 9.47 Å². The first-order valence-electron chi connectivity index (χ1n) is 5.75. The van der Waals surface area contributed by atoms with E-state index in [0.717, 1.165) is 5.75 Å². The molecule has 0 unspecified atom stereocenters. The zero-order valence-electron chi connectivity index (χ0n) is 10.6. The fourth-order valence-electron chi connectivity index (χ4n) is 1.35. The van der Waals surface area contributed by atoms with Crippen molar-refractivity contribution in [1.82, 2.24) is 0 Å². The van der Waals surface area contributed by atoms with E-state index in [1.807, 2.05) is 0 Å². The molecule has 98 valence electrons. The predicted molar refractivity (Wildman–Crippen MR) is 67.5 cm³/mol. The van der Waals surface area contributed by atoms with Crippen LogP contribution in [-0.4, -0.2) is 25.6 Å². The molecule has 0 aromatic heterocycles. The van der Waals surface area contributed by atoms with Crippen LogP contribution in [0.15, 0.2) is 24.3 Å². The molecule has 18 heavy (non-hydrogen) atoms. The zero-order valence-corrected chi connectivity index (χ0v) is 10.6. The summed E-state index contributed by atoms with van der Waals surface area (Å²) in [6.07, 6.45) is 0.209. The topological polar surface area (TPSA) is 64.6 Å². The molecule has 0 aliphatic carbocycles. The largest absolute Gasteiger partial charge is 0.497 e. The molecule has 1 N–H and O–H groups in total. The monoisotopic (exact) mass is 251 g/mol. The van der Waals surface area contributed by atoms with Crippen molar-refractivity contribution in [1.29, 1.82) is 0 Å². The van der Waals surface area contributed by atoms with Crippen molar-refractivity contribution in [3.8, 4) is 5.75 Å². The Labute approximate surface area is 106 Å². The molecule has 0 atom stereocenters. The van der Waals surface area contributed by atoms with Crippen LogP contribution in [0.5, 0.6) is 5.75 Å². The summed E-state index contributed by atoms with van der Waals surface area (Å²) >= 11 is 0. The summed E-state index contributed by atoms with van der Waals surface area (Å²) in [6, 6.07) is 6.98. The molecule has 0 spiro atoms. The first-order chi connectivity index (χ1) is 8.65. The number of nitrogens with one attached hydrogen (secondary N) is 1. The highest BCUT2D eigenvalue weighted by molar-refractivity contribution is 5.92. The molecule has 0 radical (unpaired) electrons. The van der Waals surface area contributed by atoms with Crippen molar-refractivity contribution in [2.45, 2.75) is 19.8 Å². The van der Waals surface area contributed by atoms with Gasteiger partial charge in [-0.15, -0.1) is 0 Å². The van der Waals surface area contributed by atoms with Crippen LogP contribution < -0.4 is 10.1 Å². The number of amides is 1. The predicted octanol–water partition coefficient (Wildman–Crippen LogP) is 1.98. The van der Waals surface area contributed by atoms with Crippen molar-refractivity contribution in [3.05, 3.63) is 24.3 Å². The van der Waals surface area contributed by atoms with Gasteiger partial charge in [-0.05, 0) is 31.2 Å².